The predicted molar refractivity (Wildman–Crippen MR) is 62.2 cm³/mol. The molecule has 1 aromatic rings. The van der Waals surface area contributed by atoms with Crippen molar-refractivity contribution in [2.24, 2.45) is 5.92 Å². The van der Waals surface area contributed by atoms with Crippen LogP contribution in [-0.4, -0.2) is 27.9 Å². The second kappa shape index (κ2) is 5.89. The Kier molecular flexibility index (Phi) is 4.79. The molecule has 0 aromatic carbocycles. The van der Waals surface area contributed by atoms with Gasteiger partial charge < -0.3 is 9.73 Å². The molecule has 5 nitrogen and oxygen atoms in total. The van der Waals surface area contributed by atoms with Gasteiger partial charge >= 0.3 is 0 Å². The van der Waals surface area contributed by atoms with Crippen LogP contribution in [0, 0.1) is 12.8 Å². The van der Waals surface area contributed by atoms with Crippen LogP contribution in [0.1, 0.15) is 26.7 Å². The number of nitrogens with one attached hydrogen (secondary N) is 1. The number of nitrogens with zero attached hydrogens (tertiary/aromatic N) is 2. The molecule has 0 radical (unpaired) electrons. The fraction of sp³-hybridized carbons (Fsp3) is 0.700. The Bertz CT molecular complexity index is 352. The van der Waals surface area contributed by atoms with E-state index in [2.05, 4.69) is 29.4 Å². The molecule has 1 heterocycles. The van der Waals surface area contributed by atoms with Gasteiger partial charge in [-0.1, -0.05) is 25.6 Å². The van der Waals surface area contributed by atoms with Crippen molar-refractivity contribution >= 4 is 17.7 Å². The van der Waals surface area contributed by atoms with Gasteiger partial charge in [-0.3, -0.25) is 4.79 Å². The van der Waals surface area contributed by atoms with Crippen molar-refractivity contribution in [3.8, 4) is 0 Å². The summed E-state index contributed by atoms with van der Waals surface area (Å²) in [5.74, 6) is 1.23. The van der Waals surface area contributed by atoms with Crippen molar-refractivity contribution in [2.75, 3.05) is 5.75 Å². The molecular weight excluding hydrogens is 226 g/mol. The third kappa shape index (κ3) is 4.22. The monoisotopic (exact) mass is 243 g/mol. The molecule has 90 valence electrons. The summed E-state index contributed by atoms with van der Waals surface area (Å²) in [6, 6.07) is 0.178. The quantitative estimate of drug-likeness (QED) is 0.796. The molecule has 0 unspecified atom stereocenters. The van der Waals surface area contributed by atoms with Gasteiger partial charge in [-0.15, -0.1) is 10.2 Å². The molecule has 0 fully saturated rings. The number of aryl methyl sites for hydroxylation is 1. The van der Waals surface area contributed by atoms with Gasteiger partial charge in [-0.05, 0) is 12.8 Å². The first kappa shape index (κ1) is 13.0. The second-order valence-electron chi connectivity index (χ2n) is 3.98. The Labute approximate surface area is 99.4 Å². The largest absolute Gasteiger partial charge is 0.416 e. The first-order valence-corrected chi connectivity index (χ1v) is 6.20. The van der Waals surface area contributed by atoms with Crippen molar-refractivity contribution in [1.82, 2.24) is 15.5 Å². The highest BCUT2D eigenvalue weighted by atomic mass is 32.2. The van der Waals surface area contributed by atoms with Gasteiger partial charge in [0.05, 0.1) is 5.75 Å². The number of rotatable bonds is 5. The van der Waals surface area contributed by atoms with Crippen LogP contribution in [0.4, 0.5) is 0 Å². The lowest BCUT2D eigenvalue weighted by Crippen LogP contribution is -2.37. The predicted octanol–water partition coefficient (Wildman–Crippen LogP) is 1.63. The zero-order chi connectivity index (χ0) is 12.1. The van der Waals surface area contributed by atoms with Crippen LogP contribution >= 0.6 is 11.8 Å². The molecule has 6 heteroatoms. The highest BCUT2D eigenvalue weighted by Gasteiger charge is 2.12. The number of thioether (sulfide) groups is 1. The molecule has 0 aliphatic heterocycles. The Morgan fingerprint density at radius 2 is 2.12 bits per heavy atom. The Balaban J connectivity index is 2.30. The van der Waals surface area contributed by atoms with Crippen molar-refractivity contribution in [2.45, 2.75) is 39.0 Å². The maximum atomic E-state index is 11.5. The Hall–Kier alpha value is -1.04. The van der Waals surface area contributed by atoms with Gasteiger partial charge in [0.15, 0.2) is 0 Å². The summed E-state index contributed by atoms with van der Waals surface area (Å²) in [6.45, 7) is 7.85. The molecule has 0 spiro atoms. The zero-order valence-corrected chi connectivity index (χ0v) is 10.8. The van der Waals surface area contributed by atoms with Crippen LogP contribution in [0.2, 0.25) is 0 Å². The van der Waals surface area contributed by atoms with Crippen LogP contribution in [-0.2, 0) is 4.79 Å². The summed E-state index contributed by atoms with van der Waals surface area (Å²) >= 11 is 1.25. The molecule has 0 aliphatic rings. The summed E-state index contributed by atoms with van der Waals surface area (Å²) in [4.78, 5) is 11.5. The number of carbonyl (C=O) groups excluding carboxylic acids is 1. The first-order chi connectivity index (χ1) is 7.49. The molecule has 1 aromatic heterocycles. The Morgan fingerprint density at radius 3 is 2.62 bits per heavy atom. The van der Waals surface area contributed by atoms with E-state index < -0.39 is 0 Å². The highest BCUT2D eigenvalue weighted by Crippen LogP contribution is 2.15. The molecule has 1 atom stereocenters. The van der Waals surface area contributed by atoms with Gasteiger partial charge in [0.2, 0.25) is 11.8 Å². The maximum absolute atomic E-state index is 11.5. The molecule has 1 rings (SSSR count). The van der Waals surface area contributed by atoms with Crippen molar-refractivity contribution in [3.05, 3.63) is 5.89 Å². The van der Waals surface area contributed by atoms with E-state index in [1.54, 1.807) is 6.92 Å². The van der Waals surface area contributed by atoms with E-state index in [1.165, 1.54) is 11.8 Å². The molecule has 0 saturated carbocycles. The fourth-order valence-corrected chi connectivity index (χ4v) is 1.54. The van der Waals surface area contributed by atoms with E-state index in [4.69, 9.17) is 4.42 Å². The lowest BCUT2D eigenvalue weighted by atomic mass is 10.1. The summed E-state index contributed by atoms with van der Waals surface area (Å²) in [5.41, 5.74) is 0. The average molecular weight is 243 g/mol. The van der Waals surface area contributed by atoms with Crippen LogP contribution in [0.3, 0.4) is 0 Å². The first-order valence-electron chi connectivity index (χ1n) is 5.21. The number of hydrogen-bond acceptors (Lipinski definition) is 5. The van der Waals surface area contributed by atoms with Crippen LogP contribution in [0.25, 0.3) is 0 Å². The van der Waals surface area contributed by atoms with Gasteiger partial charge in [0.25, 0.3) is 5.22 Å². The molecular formula is C10H17N3O2S. The lowest BCUT2D eigenvalue weighted by molar-refractivity contribution is -0.119. The summed E-state index contributed by atoms with van der Waals surface area (Å²) in [6.07, 6.45) is 0. The average Bonchev–Trinajstić information content (AvgIpc) is 2.61. The van der Waals surface area contributed by atoms with Crippen molar-refractivity contribution in [3.63, 3.8) is 0 Å². The van der Waals surface area contributed by atoms with E-state index >= 15 is 0 Å². The maximum Gasteiger partial charge on any atom is 0.277 e. The fourth-order valence-electron chi connectivity index (χ4n) is 0.926. The number of hydrogen-bond donors (Lipinski definition) is 1. The SMILES string of the molecule is Cc1nnc(SCC(=O)N[C@@H](C)C(C)C)o1. The van der Waals surface area contributed by atoms with E-state index in [1.807, 2.05) is 6.92 Å². The molecule has 1 N–H and O–H groups in total. The molecule has 0 saturated heterocycles. The minimum Gasteiger partial charge on any atom is -0.416 e. The van der Waals surface area contributed by atoms with E-state index in [0.29, 0.717) is 22.8 Å². The number of aromatic nitrogens is 2. The number of amides is 1. The smallest absolute Gasteiger partial charge is 0.277 e. The van der Waals surface area contributed by atoms with Crippen molar-refractivity contribution < 1.29 is 9.21 Å². The van der Waals surface area contributed by atoms with Crippen LogP contribution in [0.15, 0.2) is 9.64 Å². The van der Waals surface area contributed by atoms with E-state index in [-0.39, 0.29) is 11.9 Å². The summed E-state index contributed by atoms with van der Waals surface area (Å²) in [5, 5.41) is 10.8. The van der Waals surface area contributed by atoms with Gasteiger partial charge in [0.1, 0.15) is 0 Å². The van der Waals surface area contributed by atoms with Crippen LogP contribution in [0.5, 0.6) is 0 Å². The summed E-state index contributed by atoms with van der Waals surface area (Å²) in [7, 11) is 0. The van der Waals surface area contributed by atoms with Gasteiger partial charge in [-0.25, -0.2) is 0 Å². The third-order valence-corrected chi connectivity index (χ3v) is 3.04. The van der Waals surface area contributed by atoms with E-state index in [0.717, 1.165) is 0 Å². The normalized spacial score (nSPS) is 12.8. The second-order valence-corrected chi connectivity index (χ2v) is 4.90. The molecule has 16 heavy (non-hydrogen) atoms. The van der Waals surface area contributed by atoms with Gasteiger partial charge in [-0.2, -0.15) is 0 Å². The summed E-state index contributed by atoms with van der Waals surface area (Å²) < 4.78 is 5.15. The highest BCUT2D eigenvalue weighted by molar-refractivity contribution is 7.99. The minimum atomic E-state index is -0.0120. The van der Waals surface area contributed by atoms with E-state index in [9.17, 15) is 4.79 Å². The topological polar surface area (TPSA) is 68.0 Å². The van der Waals surface area contributed by atoms with Gasteiger partial charge in [0, 0.05) is 13.0 Å². The molecule has 0 aliphatic carbocycles. The minimum absolute atomic E-state index is 0.0120. The van der Waals surface area contributed by atoms with Crippen molar-refractivity contribution in [1.29, 1.82) is 0 Å². The van der Waals surface area contributed by atoms with Crippen LogP contribution < -0.4 is 5.32 Å². The molecule has 0 bridgehead atoms. The lowest BCUT2D eigenvalue weighted by Gasteiger charge is -2.16. The zero-order valence-electron chi connectivity index (χ0n) is 9.98. The number of carbonyl (C=O) groups is 1. The third-order valence-electron chi connectivity index (χ3n) is 2.22. The molecule has 1 amide bonds. The Morgan fingerprint density at radius 1 is 1.44 bits per heavy atom. The standard InChI is InChI=1S/C10H17N3O2S/c1-6(2)7(3)11-9(14)5-16-10-13-12-8(4)15-10/h6-7H,5H2,1-4H3,(H,11,14)/t7-/m0/s1.